The zero-order chi connectivity index (χ0) is 36.3. The van der Waals surface area contributed by atoms with E-state index < -0.39 is 0 Å². The van der Waals surface area contributed by atoms with Crippen LogP contribution in [-0.4, -0.2) is 4.98 Å². The molecule has 1 aliphatic carbocycles. The van der Waals surface area contributed by atoms with Gasteiger partial charge in [0.2, 0.25) is 0 Å². The largest absolute Gasteiger partial charge is 0.456 e. The van der Waals surface area contributed by atoms with Crippen molar-refractivity contribution in [2.75, 3.05) is 0 Å². The monoisotopic (exact) mass is 701 g/mol. The molecule has 0 bridgehead atoms. The lowest BCUT2D eigenvalue weighted by Gasteiger charge is -2.29. The van der Waals surface area contributed by atoms with Gasteiger partial charge in [0.1, 0.15) is 11.2 Å². The molecule has 1 unspecified atom stereocenters. The van der Waals surface area contributed by atoms with Crippen molar-refractivity contribution < 1.29 is 4.42 Å². The standard InChI is InChI=1S/C53H35NO/c1-4-14-34(15-5-1)37-26-28-40-39(30-37)32-48(47-31-38(27-29-41(40)47)35-16-6-2-7-17-35)43-21-12-23-45-52-44(22-13-25-51(52)55-53(43)45)50-33-46(36-18-8-3-9-19-36)42-20-10-11-24-49(42)54-50/h1-31,33,48H,32H2. The van der Waals surface area contributed by atoms with Crippen LogP contribution in [0.5, 0.6) is 0 Å². The summed E-state index contributed by atoms with van der Waals surface area (Å²) in [5.74, 6) is 0.0911. The molecule has 0 spiro atoms. The average Bonchev–Trinajstić information content (AvgIpc) is 3.66. The smallest absolute Gasteiger partial charge is 0.139 e. The fourth-order valence-electron chi connectivity index (χ4n) is 8.88. The number of pyridine rings is 1. The normalized spacial score (nSPS) is 13.6. The van der Waals surface area contributed by atoms with Crippen LogP contribution in [-0.2, 0) is 6.42 Å². The van der Waals surface area contributed by atoms with E-state index >= 15 is 0 Å². The van der Waals surface area contributed by atoms with Gasteiger partial charge >= 0.3 is 0 Å². The van der Waals surface area contributed by atoms with Gasteiger partial charge in [-0.3, -0.25) is 0 Å². The van der Waals surface area contributed by atoms with Crippen LogP contribution in [0.25, 0.3) is 88.6 Å². The van der Waals surface area contributed by atoms with Gasteiger partial charge in [-0.2, -0.15) is 0 Å². The van der Waals surface area contributed by atoms with Crippen molar-refractivity contribution in [3.8, 4) is 55.8 Å². The molecule has 2 aromatic heterocycles. The van der Waals surface area contributed by atoms with Crippen LogP contribution >= 0.6 is 0 Å². The highest BCUT2D eigenvalue weighted by molar-refractivity contribution is 6.13. The van der Waals surface area contributed by atoms with E-state index in [1.807, 2.05) is 0 Å². The molecule has 0 amide bonds. The Labute approximate surface area is 320 Å². The van der Waals surface area contributed by atoms with E-state index in [4.69, 9.17) is 9.40 Å². The highest BCUT2D eigenvalue weighted by Gasteiger charge is 2.30. The third-order valence-electron chi connectivity index (χ3n) is 11.5. The zero-order valence-electron chi connectivity index (χ0n) is 30.1. The van der Waals surface area contributed by atoms with Crippen molar-refractivity contribution >= 4 is 32.8 Å². The van der Waals surface area contributed by atoms with Crippen molar-refractivity contribution in [2.45, 2.75) is 12.3 Å². The van der Waals surface area contributed by atoms with Gasteiger partial charge in [-0.15, -0.1) is 0 Å². The molecule has 258 valence electrons. The van der Waals surface area contributed by atoms with Crippen LogP contribution in [0.3, 0.4) is 0 Å². The van der Waals surface area contributed by atoms with E-state index in [2.05, 4.69) is 194 Å². The molecule has 0 N–H and O–H groups in total. The second kappa shape index (κ2) is 12.8. The second-order valence-corrected chi connectivity index (χ2v) is 14.6. The first kappa shape index (κ1) is 31.5. The fourth-order valence-corrected chi connectivity index (χ4v) is 8.88. The number of hydrogen-bond donors (Lipinski definition) is 0. The minimum atomic E-state index is 0.0911. The predicted octanol–water partition coefficient (Wildman–Crippen LogP) is 14.2. The molecule has 0 fully saturated rings. The van der Waals surface area contributed by atoms with Gasteiger partial charge in [0.05, 0.1) is 11.2 Å². The maximum atomic E-state index is 6.98. The van der Waals surface area contributed by atoms with E-state index in [9.17, 15) is 0 Å². The molecule has 0 saturated carbocycles. The maximum Gasteiger partial charge on any atom is 0.139 e. The van der Waals surface area contributed by atoms with Gasteiger partial charge in [0.15, 0.2) is 0 Å². The number of rotatable bonds is 5. The Balaban J connectivity index is 1.11. The minimum Gasteiger partial charge on any atom is -0.456 e. The van der Waals surface area contributed by atoms with E-state index in [0.29, 0.717) is 0 Å². The van der Waals surface area contributed by atoms with Gasteiger partial charge in [0, 0.05) is 33.2 Å². The van der Waals surface area contributed by atoms with E-state index in [1.54, 1.807) is 0 Å². The summed E-state index contributed by atoms with van der Waals surface area (Å²) in [7, 11) is 0. The van der Waals surface area contributed by atoms with Crippen LogP contribution in [0.2, 0.25) is 0 Å². The lowest BCUT2D eigenvalue weighted by Crippen LogP contribution is -2.13. The summed E-state index contributed by atoms with van der Waals surface area (Å²) < 4.78 is 6.98. The van der Waals surface area contributed by atoms with Gasteiger partial charge in [-0.05, 0) is 86.3 Å². The number of hydrogen-bond acceptors (Lipinski definition) is 2. The summed E-state index contributed by atoms with van der Waals surface area (Å²) in [4.78, 5) is 5.27. The number of benzene rings is 8. The number of aromatic nitrogens is 1. The molecule has 1 atom stereocenters. The molecule has 1 aliphatic rings. The third-order valence-corrected chi connectivity index (χ3v) is 11.5. The van der Waals surface area contributed by atoms with Crippen molar-refractivity contribution in [3.05, 3.63) is 211 Å². The van der Waals surface area contributed by atoms with Crippen molar-refractivity contribution in [2.24, 2.45) is 0 Å². The highest BCUT2D eigenvalue weighted by Crippen LogP contribution is 2.48. The van der Waals surface area contributed by atoms with Crippen LogP contribution < -0.4 is 0 Å². The van der Waals surface area contributed by atoms with Gasteiger partial charge in [-0.25, -0.2) is 4.98 Å². The van der Waals surface area contributed by atoms with Crippen LogP contribution in [0.4, 0.5) is 0 Å². The molecule has 0 radical (unpaired) electrons. The Morgan fingerprint density at radius 1 is 0.418 bits per heavy atom. The number of furan rings is 1. The molecule has 0 saturated heterocycles. The maximum absolute atomic E-state index is 6.98. The predicted molar refractivity (Wildman–Crippen MR) is 228 cm³/mol. The zero-order valence-corrected chi connectivity index (χ0v) is 30.1. The van der Waals surface area contributed by atoms with E-state index in [1.165, 1.54) is 61.2 Å². The van der Waals surface area contributed by atoms with Crippen molar-refractivity contribution in [1.82, 2.24) is 4.98 Å². The number of para-hydroxylation sites is 2. The molecule has 2 heterocycles. The number of nitrogens with zero attached hydrogens (tertiary/aromatic N) is 1. The van der Waals surface area contributed by atoms with Crippen LogP contribution in [0, 0.1) is 0 Å². The quantitative estimate of drug-likeness (QED) is 0.179. The molecule has 55 heavy (non-hydrogen) atoms. The first-order valence-electron chi connectivity index (χ1n) is 19.0. The van der Waals surface area contributed by atoms with E-state index in [0.717, 1.165) is 50.5 Å². The SMILES string of the molecule is c1ccc(-c2ccc3c(c2)CC(c2cccc4c2oc2cccc(-c5cc(-c6ccccc6)c6ccccc6n5)c24)c2cc(-c4ccccc4)ccc2-3)cc1. The van der Waals surface area contributed by atoms with E-state index in [-0.39, 0.29) is 5.92 Å². The molecule has 2 nitrogen and oxygen atoms in total. The molecular weight excluding hydrogens is 667 g/mol. The lowest BCUT2D eigenvalue weighted by atomic mass is 9.74. The fraction of sp³-hybridized carbons (Fsp3) is 0.0377. The second-order valence-electron chi connectivity index (χ2n) is 14.6. The first-order chi connectivity index (χ1) is 27.3. The van der Waals surface area contributed by atoms with Gasteiger partial charge < -0.3 is 4.42 Å². The van der Waals surface area contributed by atoms with Gasteiger partial charge in [-0.1, -0.05) is 170 Å². The van der Waals surface area contributed by atoms with Crippen molar-refractivity contribution in [1.29, 1.82) is 0 Å². The summed E-state index contributed by atoms with van der Waals surface area (Å²) in [5, 5.41) is 3.36. The number of fused-ring (bicyclic) bond motifs is 7. The summed E-state index contributed by atoms with van der Waals surface area (Å²) in [6.45, 7) is 0. The molecular formula is C53H35NO. The molecule has 8 aromatic carbocycles. The van der Waals surface area contributed by atoms with Crippen LogP contribution in [0.1, 0.15) is 22.6 Å². The highest BCUT2D eigenvalue weighted by atomic mass is 16.3. The molecule has 0 aliphatic heterocycles. The third kappa shape index (κ3) is 5.29. The Kier molecular flexibility index (Phi) is 7.34. The molecule has 10 aromatic rings. The summed E-state index contributed by atoms with van der Waals surface area (Å²) in [5.41, 5.74) is 18.6. The summed E-state index contributed by atoms with van der Waals surface area (Å²) in [6.07, 6.45) is 0.872. The topological polar surface area (TPSA) is 26.0 Å². The van der Waals surface area contributed by atoms with Crippen molar-refractivity contribution in [3.63, 3.8) is 0 Å². The first-order valence-corrected chi connectivity index (χ1v) is 19.0. The minimum absolute atomic E-state index is 0.0911. The molecule has 11 rings (SSSR count). The Bertz CT molecular complexity index is 3050. The Hall–Kier alpha value is -7.03. The van der Waals surface area contributed by atoms with Gasteiger partial charge in [0.25, 0.3) is 0 Å². The molecule has 2 heteroatoms. The Morgan fingerprint density at radius 2 is 1.05 bits per heavy atom. The lowest BCUT2D eigenvalue weighted by molar-refractivity contribution is 0.654. The van der Waals surface area contributed by atoms with Crippen LogP contribution in [0.15, 0.2) is 199 Å². The summed E-state index contributed by atoms with van der Waals surface area (Å²) in [6, 6.07) is 69.9. The summed E-state index contributed by atoms with van der Waals surface area (Å²) >= 11 is 0. The Morgan fingerprint density at radius 3 is 1.82 bits per heavy atom. The average molecular weight is 702 g/mol.